The average molecular weight is 453 g/mol. The van der Waals surface area contributed by atoms with E-state index in [4.69, 9.17) is 4.99 Å². The van der Waals surface area contributed by atoms with Crippen LogP contribution in [-0.2, 0) is 9.59 Å². The highest BCUT2D eigenvalue weighted by Gasteiger charge is 2.45. The Bertz CT molecular complexity index is 1310. The Kier molecular flexibility index (Phi) is 4.80. The maximum atomic E-state index is 13.2. The van der Waals surface area contributed by atoms with Gasteiger partial charge in [-0.15, -0.1) is 0 Å². The van der Waals surface area contributed by atoms with Gasteiger partial charge in [0, 0.05) is 48.6 Å². The van der Waals surface area contributed by atoms with Crippen molar-refractivity contribution in [2.45, 2.75) is 32.2 Å². The highest BCUT2D eigenvalue weighted by Crippen LogP contribution is 2.35. The summed E-state index contributed by atoms with van der Waals surface area (Å²) in [5, 5.41) is 1.11. The van der Waals surface area contributed by atoms with Gasteiger partial charge in [0.25, 0.3) is 5.91 Å². The standard InChI is InChI=1S/C28H28N4O2/c1-28(2)27(34)32(17-18-15-31(16-18)26(33)21-12-13-21)25(30-28)20-10-8-19(9-11-20)22-5-3-7-24-23(22)6-4-14-29-24/h3-11,14,18,21H,12-13,15-17H2,1-2H3. The van der Waals surface area contributed by atoms with E-state index in [0.717, 1.165) is 59.4 Å². The highest BCUT2D eigenvalue weighted by molar-refractivity contribution is 6.15. The van der Waals surface area contributed by atoms with E-state index in [9.17, 15) is 9.59 Å². The number of amidine groups is 1. The number of carbonyl (C=O) groups is 2. The number of fused-ring (bicyclic) bond motifs is 1. The summed E-state index contributed by atoms with van der Waals surface area (Å²) in [7, 11) is 0. The average Bonchev–Trinajstić information content (AvgIpc) is 3.64. The zero-order valence-corrected chi connectivity index (χ0v) is 19.6. The molecule has 6 rings (SSSR count). The molecule has 2 amide bonds. The molecule has 1 saturated heterocycles. The number of pyridine rings is 1. The number of likely N-dealkylation sites (tertiary alicyclic amines) is 1. The van der Waals surface area contributed by atoms with Gasteiger partial charge in [-0.2, -0.15) is 0 Å². The maximum absolute atomic E-state index is 13.2. The fourth-order valence-electron chi connectivity index (χ4n) is 5.06. The summed E-state index contributed by atoms with van der Waals surface area (Å²) in [6, 6.07) is 18.5. The third kappa shape index (κ3) is 3.58. The van der Waals surface area contributed by atoms with E-state index >= 15 is 0 Å². The molecule has 1 saturated carbocycles. The van der Waals surface area contributed by atoms with Crippen LogP contribution < -0.4 is 0 Å². The van der Waals surface area contributed by atoms with E-state index in [1.165, 1.54) is 0 Å². The predicted molar refractivity (Wildman–Crippen MR) is 132 cm³/mol. The van der Waals surface area contributed by atoms with Crippen LogP contribution in [-0.4, -0.2) is 57.6 Å². The molecule has 3 aliphatic rings. The first-order valence-corrected chi connectivity index (χ1v) is 12.1. The zero-order valence-electron chi connectivity index (χ0n) is 19.6. The Labute approximate surface area is 199 Å². The first-order valence-electron chi connectivity index (χ1n) is 12.1. The van der Waals surface area contributed by atoms with E-state index in [-0.39, 0.29) is 17.7 Å². The third-order valence-corrected chi connectivity index (χ3v) is 7.15. The van der Waals surface area contributed by atoms with Gasteiger partial charge in [0.2, 0.25) is 5.91 Å². The highest BCUT2D eigenvalue weighted by atomic mass is 16.2. The van der Waals surface area contributed by atoms with Crippen LogP contribution in [0, 0.1) is 11.8 Å². The molecule has 0 atom stereocenters. The molecule has 1 aliphatic carbocycles. The molecule has 0 spiro atoms. The number of hydrogen-bond donors (Lipinski definition) is 0. The molecule has 172 valence electrons. The number of carbonyl (C=O) groups excluding carboxylic acids is 2. The lowest BCUT2D eigenvalue weighted by atomic mass is 9.97. The first kappa shape index (κ1) is 21.0. The van der Waals surface area contributed by atoms with Gasteiger partial charge >= 0.3 is 0 Å². The minimum atomic E-state index is -0.775. The molecular formula is C28H28N4O2. The van der Waals surface area contributed by atoms with Gasteiger partial charge in [-0.3, -0.25) is 24.5 Å². The van der Waals surface area contributed by atoms with Crippen molar-refractivity contribution in [2.24, 2.45) is 16.8 Å². The molecule has 3 heterocycles. The van der Waals surface area contributed by atoms with E-state index in [2.05, 4.69) is 41.4 Å². The predicted octanol–water partition coefficient (Wildman–Crippen LogP) is 4.14. The van der Waals surface area contributed by atoms with Crippen LogP contribution in [0.15, 0.2) is 65.8 Å². The van der Waals surface area contributed by atoms with E-state index in [1.807, 2.05) is 48.0 Å². The molecular weight excluding hydrogens is 424 g/mol. The summed E-state index contributed by atoms with van der Waals surface area (Å²) in [5.41, 5.74) is 3.37. The van der Waals surface area contributed by atoms with Crippen LogP contribution in [0.1, 0.15) is 32.3 Å². The fraction of sp³-hybridized carbons (Fsp3) is 0.357. The Hall–Kier alpha value is -3.54. The summed E-state index contributed by atoms with van der Waals surface area (Å²) in [6.07, 6.45) is 3.87. The van der Waals surface area contributed by atoms with Crippen molar-refractivity contribution >= 4 is 28.6 Å². The van der Waals surface area contributed by atoms with Crippen LogP contribution >= 0.6 is 0 Å². The summed E-state index contributed by atoms with van der Waals surface area (Å²) in [5.74, 6) is 1.60. The molecule has 3 aromatic rings. The Morgan fingerprint density at radius 1 is 1.00 bits per heavy atom. The van der Waals surface area contributed by atoms with Crippen LogP contribution in [0.25, 0.3) is 22.0 Å². The molecule has 34 heavy (non-hydrogen) atoms. The summed E-state index contributed by atoms with van der Waals surface area (Å²) in [4.78, 5) is 38.5. The smallest absolute Gasteiger partial charge is 0.255 e. The Balaban J connectivity index is 1.23. The molecule has 0 radical (unpaired) electrons. The van der Waals surface area contributed by atoms with Crippen molar-refractivity contribution in [1.29, 1.82) is 0 Å². The van der Waals surface area contributed by atoms with Gasteiger partial charge in [0.1, 0.15) is 11.4 Å². The second kappa shape index (κ2) is 7.76. The van der Waals surface area contributed by atoms with Gasteiger partial charge in [0.05, 0.1) is 5.52 Å². The molecule has 6 nitrogen and oxygen atoms in total. The summed E-state index contributed by atoms with van der Waals surface area (Å²) < 4.78 is 0. The van der Waals surface area contributed by atoms with Crippen molar-refractivity contribution in [2.75, 3.05) is 19.6 Å². The Morgan fingerprint density at radius 2 is 1.74 bits per heavy atom. The number of benzene rings is 2. The van der Waals surface area contributed by atoms with Crippen molar-refractivity contribution < 1.29 is 9.59 Å². The Morgan fingerprint density at radius 3 is 2.47 bits per heavy atom. The molecule has 1 aromatic heterocycles. The lowest BCUT2D eigenvalue weighted by molar-refractivity contribution is -0.140. The molecule has 2 aliphatic heterocycles. The molecule has 0 bridgehead atoms. The molecule has 2 aromatic carbocycles. The monoisotopic (exact) mass is 452 g/mol. The van der Waals surface area contributed by atoms with Crippen LogP contribution in [0.3, 0.4) is 0 Å². The van der Waals surface area contributed by atoms with Gasteiger partial charge in [-0.05, 0) is 49.9 Å². The van der Waals surface area contributed by atoms with E-state index in [1.54, 1.807) is 0 Å². The largest absolute Gasteiger partial charge is 0.342 e. The van der Waals surface area contributed by atoms with Crippen LogP contribution in [0.4, 0.5) is 0 Å². The summed E-state index contributed by atoms with van der Waals surface area (Å²) >= 11 is 0. The van der Waals surface area contributed by atoms with Gasteiger partial charge in [-0.25, -0.2) is 0 Å². The molecule has 0 N–H and O–H groups in total. The lowest BCUT2D eigenvalue weighted by Crippen LogP contribution is -2.55. The number of aromatic nitrogens is 1. The van der Waals surface area contributed by atoms with Crippen LogP contribution in [0.5, 0.6) is 0 Å². The number of aliphatic imine (C=N–C) groups is 1. The van der Waals surface area contributed by atoms with E-state index < -0.39 is 5.54 Å². The minimum absolute atomic E-state index is 0.0265. The minimum Gasteiger partial charge on any atom is -0.342 e. The summed E-state index contributed by atoms with van der Waals surface area (Å²) in [6.45, 7) is 5.82. The van der Waals surface area contributed by atoms with Crippen molar-refractivity contribution in [3.05, 3.63) is 66.4 Å². The second-order valence-electron chi connectivity index (χ2n) is 10.2. The van der Waals surface area contributed by atoms with E-state index in [0.29, 0.717) is 12.5 Å². The van der Waals surface area contributed by atoms with Gasteiger partial charge < -0.3 is 4.90 Å². The molecule has 6 heteroatoms. The fourth-order valence-corrected chi connectivity index (χ4v) is 5.06. The number of nitrogens with zero attached hydrogens (tertiary/aromatic N) is 4. The molecule has 0 unspecified atom stereocenters. The maximum Gasteiger partial charge on any atom is 0.255 e. The zero-order chi connectivity index (χ0) is 23.4. The third-order valence-electron chi connectivity index (χ3n) is 7.15. The lowest BCUT2D eigenvalue weighted by Gasteiger charge is -2.41. The second-order valence-corrected chi connectivity index (χ2v) is 10.2. The SMILES string of the molecule is CC1(C)N=C(c2ccc(-c3cccc4ncccc34)cc2)N(CC2CN(C(=O)C3CC3)C2)C1=O. The first-order chi connectivity index (χ1) is 16.4. The number of hydrogen-bond acceptors (Lipinski definition) is 4. The van der Waals surface area contributed by atoms with Crippen LogP contribution in [0.2, 0.25) is 0 Å². The van der Waals surface area contributed by atoms with Crippen molar-refractivity contribution in [3.8, 4) is 11.1 Å². The van der Waals surface area contributed by atoms with Crippen molar-refractivity contribution in [3.63, 3.8) is 0 Å². The normalized spacial score (nSPS) is 19.9. The molecule has 2 fully saturated rings. The quantitative estimate of drug-likeness (QED) is 0.585. The van der Waals surface area contributed by atoms with Crippen molar-refractivity contribution in [1.82, 2.24) is 14.8 Å². The van der Waals surface area contributed by atoms with Gasteiger partial charge in [-0.1, -0.05) is 42.5 Å². The topological polar surface area (TPSA) is 65.9 Å². The number of amides is 2. The van der Waals surface area contributed by atoms with Gasteiger partial charge in [0.15, 0.2) is 0 Å². The number of rotatable bonds is 5.